The predicted molar refractivity (Wildman–Crippen MR) is 80.5 cm³/mol. The molecule has 0 aromatic carbocycles. The topological polar surface area (TPSA) is 48.1 Å². The number of ether oxygens (including phenoxy) is 1. The van der Waals surface area contributed by atoms with Crippen molar-refractivity contribution >= 4 is 0 Å². The Hall–Kier alpha value is -1.09. The Morgan fingerprint density at radius 3 is 2.47 bits per heavy atom. The Bertz CT molecular complexity index is 383. The van der Waals surface area contributed by atoms with Gasteiger partial charge in [0.25, 0.3) is 0 Å². The van der Waals surface area contributed by atoms with Gasteiger partial charge in [-0.05, 0) is 18.1 Å². The molecule has 0 spiro atoms. The summed E-state index contributed by atoms with van der Waals surface area (Å²) < 4.78 is 5.76. The second kappa shape index (κ2) is 7.49. The molecule has 0 aliphatic carbocycles. The van der Waals surface area contributed by atoms with E-state index >= 15 is 0 Å². The van der Waals surface area contributed by atoms with Gasteiger partial charge in [0.1, 0.15) is 0 Å². The quantitative estimate of drug-likeness (QED) is 0.762. The fourth-order valence-electron chi connectivity index (χ4n) is 1.84. The van der Waals surface area contributed by atoms with Gasteiger partial charge in [-0.2, -0.15) is 0 Å². The fourth-order valence-corrected chi connectivity index (χ4v) is 1.84. The number of hydrogen-bond donors (Lipinski definition) is 1. The van der Waals surface area contributed by atoms with Crippen molar-refractivity contribution in [1.29, 1.82) is 0 Å². The highest BCUT2D eigenvalue weighted by Crippen LogP contribution is 2.24. The SMILES string of the molecule is CCCCCCOc1cc(CN)cc(C(C)(C)C)n1. The maximum atomic E-state index is 5.76. The molecule has 3 heteroatoms. The van der Waals surface area contributed by atoms with Crippen LogP contribution in [-0.2, 0) is 12.0 Å². The average molecular weight is 264 g/mol. The minimum absolute atomic E-state index is 0.0193. The summed E-state index contributed by atoms with van der Waals surface area (Å²) in [6.45, 7) is 9.94. The lowest BCUT2D eigenvalue weighted by atomic mass is 9.91. The van der Waals surface area contributed by atoms with Gasteiger partial charge in [-0.1, -0.05) is 47.0 Å². The Morgan fingerprint density at radius 1 is 1.16 bits per heavy atom. The highest BCUT2D eigenvalue weighted by atomic mass is 16.5. The zero-order valence-corrected chi connectivity index (χ0v) is 12.8. The van der Waals surface area contributed by atoms with Gasteiger partial charge in [0.05, 0.1) is 12.3 Å². The van der Waals surface area contributed by atoms with Crippen LogP contribution >= 0.6 is 0 Å². The molecule has 0 radical (unpaired) electrons. The summed E-state index contributed by atoms with van der Waals surface area (Å²) in [4.78, 5) is 4.59. The molecule has 1 aromatic heterocycles. The van der Waals surface area contributed by atoms with E-state index in [1.54, 1.807) is 0 Å². The third-order valence-electron chi connectivity index (χ3n) is 3.11. The van der Waals surface area contributed by atoms with Crippen LogP contribution in [0.2, 0.25) is 0 Å². The molecule has 0 aliphatic heterocycles. The largest absolute Gasteiger partial charge is 0.478 e. The second-order valence-electron chi connectivity index (χ2n) is 6.06. The summed E-state index contributed by atoms with van der Waals surface area (Å²) >= 11 is 0. The van der Waals surface area contributed by atoms with E-state index in [1.165, 1.54) is 19.3 Å². The van der Waals surface area contributed by atoms with E-state index in [0.717, 1.165) is 24.3 Å². The first-order valence-corrected chi connectivity index (χ1v) is 7.31. The van der Waals surface area contributed by atoms with Crippen molar-refractivity contribution in [1.82, 2.24) is 4.98 Å². The predicted octanol–water partition coefficient (Wildman–Crippen LogP) is 3.80. The molecular formula is C16H28N2O. The van der Waals surface area contributed by atoms with Gasteiger partial charge in [0, 0.05) is 18.0 Å². The lowest BCUT2D eigenvalue weighted by Crippen LogP contribution is -2.15. The minimum atomic E-state index is 0.0193. The van der Waals surface area contributed by atoms with Crippen molar-refractivity contribution in [3.05, 3.63) is 23.4 Å². The second-order valence-corrected chi connectivity index (χ2v) is 6.06. The Labute approximate surface area is 117 Å². The van der Waals surface area contributed by atoms with Crippen LogP contribution in [0.3, 0.4) is 0 Å². The van der Waals surface area contributed by atoms with Crippen LogP contribution in [0.1, 0.15) is 64.6 Å². The van der Waals surface area contributed by atoms with Gasteiger partial charge >= 0.3 is 0 Å². The lowest BCUT2D eigenvalue weighted by Gasteiger charge is -2.19. The Balaban J connectivity index is 2.67. The van der Waals surface area contributed by atoms with Crippen molar-refractivity contribution in [3.8, 4) is 5.88 Å². The number of nitrogens with zero attached hydrogens (tertiary/aromatic N) is 1. The van der Waals surface area contributed by atoms with E-state index < -0.39 is 0 Å². The summed E-state index contributed by atoms with van der Waals surface area (Å²) in [7, 11) is 0. The van der Waals surface area contributed by atoms with E-state index in [9.17, 15) is 0 Å². The van der Waals surface area contributed by atoms with Gasteiger partial charge < -0.3 is 10.5 Å². The van der Waals surface area contributed by atoms with Crippen LogP contribution in [0.4, 0.5) is 0 Å². The third-order valence-corrected chi connectivity index (χ3v) is 3.11. The standard InChI is InChI=1S/C16H28N2O/c1-5-6-7-8-9-19-15-11-13(12-17)10-14(18-15)16(2,3)4/h10-11H,5-9,12,17H2,1-4H3. The number of hydrogen-bond acceptors (Lipinski definition) is 3. The molecule has 0 fully saturated rings. The van der Waals surface area contributed by atoms with Gasteiger partial charge in [0.2, 0.25) is 5.88 Å². The normalized spacial score (nSPS) is 11.6. The molecule has 0 atom stereocenters. The van der Waals surface area contributed by atoms with E-state index in [0.29, 0.717) is 12.4 Å². The number of nitrogens with two attached hydrogens (primary N) is 1. The van der Waals surface area contributed by atoms with Crippen LogP contribution in [0, 0.1) is 0 Å². The molecule has 0 unspecified atom stereocenters. The van der Waals surface area contributed by atoms with Crippen LogP contribution in [0.5, 0.6) is 5.88 Å². The first kappa shape index (κ1) is 16.0. The van der Waals surface area contributed by atoms with Crippen LogP contribution < -0.4 is 10.5 Å². The summed E-state index contributed by atoms with van der Waals surface area (Å²) in [5, 5.41) is 0. The number of aromatic nitrogens is 1. The zero-order chi connectivity index (χ0) is 14.3. The number of rotatable bonds is 7. The molecule has 0 saturated heterocycles. The monoisotopic (exact) mass is 264 g/mol. The first-order valence-electron chi connectivity index (χ1n) is 7.31. The molecule has 0 saturated carbocycles. The smallest absolute Gasteiger partial charge is 0.213 e. The van der Waals surface area contributed by atoms with Crippen LogP contribution in [-0.4, -0.2) is 11.6 Å². The summed E-state index contributed by atoms with van der Waals surface area (Å²) in [6.07, 6.45) is 4.83. The first-order chi connectivity index (χ1) is 8.97. The van der Waals surface area contributed by atoms with Crippen molar-refractivity contribution in [2.75, 3.05) is 6.61 Å². The van der Waals surface area contributed by atoms with Crippen LogP contribution in [0.15, 0.2) is 12.1 Å². The lowest BCUT2D eigenvalue weighted by molar-refractivity contribution is 0.291. The molecule has 1 rings (SSSR count). The van der Waals surface area contributed by atoms with Crippen molar-refractivity contribution in [3.63, 3.8) is 0 Å². The van der Waals surface area contributed by atoms with Crippen molar-refractivity contribution < 1.29 is 4.74 Å². The van der Waals surface area contributed by atoms with Gasteiger partial charge in [-0.25, -0.2) is 4.98 Å². The molecule has 1 aromatic rings. The molecule has 0 amide bonds. The van der Waals surface area contributed by atoms with Gasteiger partial charge in [-0.3, -0.25) is 0 Å². The molecule has 1 heterocycles. The summed E-state index contributed by atoms with van der Waals surface area (Å²) in [5.74, 6) is 0.712. The minimum Gasteiger partial charge on any atom is -0.478 e. The van der Waals surface area contributed by atoms with Crippen molar-refractivity contribution in [2.45, 2.75) is 65.3 Å². The average Bonchev–Trinajstić information content (AvgIpc) is 2.37. The zero-order valence-electron chi connectivity index (χ0n) is 12.8. The Morgan fingerprint density at radius 2 is 1.89 bits per heavy atom. The molecule has 19 heavy (non-hydrogen) atoms. The maximum absolute atomic E-state index is 5.76. The van der Waals surface area contributed by atoms with E-state index in [4.69, 9.17) is 10.5 Å². The Kier molecular flexibility index (Phi) is 6.29. The van der Waals surface area contributed by atoms with Gasteiger partial charge in [-0.15, -0.1) is 0 Å². The van der Waals surface area contributed by atoms with Gasteiger partial charge in [0.15, 0.2) is 0 Å². The molecule has 3 nitrogen and oxygen atoms in total. The highest BCUT2D eigenvalue weighted by molar-refractivity contribution is 5.28. The fraction of sp³-hybridized carbons (Fsp3) is 0.688. The molecule has 0 bridgehead atoms. The third kappa shape index (κ3) is 5.60. The highest BCUT2D eigenvalue weighted by Gasteiger charge is 2.17. The molecule has 108 valence electrons. The van der Waals surface area contributed by atoms with Crippen LogP contribution in [0.25, 0.3) is 0 Å². The van der Waals surface area contributed by atoms with E-state index in [1.807, 2.05) is 6.07 Å². The summed E-state index contributed by atoms with van der Waals surface area (Å²) in [6, 6.07) is 4.03. The number of pyridine rings is 1. The molecule has 0 aliphatic rings. The van der Waals surface area contributed by atoms with E-state index in [2.05, 4.69) is 38.7 Å². The number of unbranched alkanes of at least 4 members (excludes halogenated alkanes) is 3. The molecule has 2 N–H and O–H groups in total. The summed E-state index contributed by atoms with van der Waals surface area (Å²) in [5.41, 5.74) is 7.89. The van der Waals surface area contributed by atoms with Crippen molar-refractivity contribution in [2.24, 2.45) is 5.73 Å². The van der Waals surface area contributed by atoms with E-state index in [-0.39, 0.29) is 5.41 Å². The maximum Gasteiger partial charge on any atom is 0.213 e. The molecular weight excluding hydrogens is 236 g/mol.